The quantitative estimate of drug-likeness (QED) is 0.804. The van der Waals surface area contributed by atoms with E-state index >= 15 is 0 Å². The molecule has 20 heavy (non-hydrogen) atoms. The molecule has 4 nitrogen and oxygen atoms in total. The van der Waals surface area contributed by atoms with Gasteiger partial charge in [-0.15, -0.1) is 0 Å². The van der Waals surface area contributed by atoms with Crippen molar-refractivity contribution in [3.8, 4) is 6.07 Å². The molecule has 0 aliphatic carbocycles. The van der Waals surface area contributed by atoms with Crippen molar-refractivity contribution in [2.45, 2.75) is 19.4 Å². The minimum atomic E-state index is -0.208. The average Bonchev–Trinajstić information content (AvgIpc) is 2.50. The van der Waals surface area contributed by atoms with E-state index < -0.39 is 0 Å². The summed E-state index contributed by atoms with van der Waals surface area (Å²) in [6.07, 6.45) is 1.06. The lowest BCUT2D eigenvalue weighted by atomic mass is 10.1. The Morgan fingerprint density at radius 2 is 2.00 bits per heavy atom. The van der Waals surface area contributed by atoms with E-state index in [9.17, 15) is 5.26 Å². The van der Waals surface area contributed by atoms with E-state index in [2.05, 4.69) is 35.3 Å². The van der Waals surface area contributed by atoms with Gasteiger partial charge < -0.3 is 4.74 Å². The minimum absolute atomic E-state index is 0.208. The summed E-state index contributed by atoms with van der Waals surface area (Å²) in [6, 6.07) is 10.3. The van der Waals surface area contributed by atoms with E-state index in [-0.39, 0.29) is 6.04 Å². The minimum Gasteiger partial charge on any atom is -0.379 e. The number of hydrogen-bond donors (Lipinski definition) is 1. The van der Waals surface area contributed by atoms with E-state index in [1.54, 1.807) is 0 Å². The van der Waals surface area contributed by atoms with Gasteiger partial charge in [0.05, 0.1) is 19.3 Å². The van der Waals surface area contributed by atoms with Crippen molar-refractivity contribution in [3.63, 3.8) is 0 Å². The van der Waals surface area contributed by atoms with Gasteiger partial charge in [-0.2, -0.15) is 5.26 Å². The molecule has 1 saturated heterocycles. The number of rotatable bonds is 6. The van der Waals surface area contributed by atoms with Crippen LogP contribution in [0.15, 0.2) is 24.3 Å². The molecule has 1 aliphatic heterocycles. The van der Waals surface area contributed by atoms with Gasteiger partial charge in [0.15, 0.2) is 0 Å². The molecule has 0 bridgehead atoms. The van der Waals surface area contributed by atoms with Crippen LogP contribution in [0, 0.1) is 18.3 Å². The van der Waals surface area contributed by atoms with Crippen molar-refractivity contribution in [2.75, 3.05) is 39.4 Å². The smallest absolute Gasteiger partial charge is 0.121 e. The first kappa shape index (κ1) is 15.0. The molecule has 1 atom stereocenters. The Balaban J connectivity index is 1.71. The first-order valence-electron chi connectivity index (χ1n) is 7.29. The van der Waals surface area contributed by atoms with Crippen LogP contribution in [0.5, 0.6) is 0 Å². The maximum Gasteiger partial charge on any atom is 0.121 e. The van der Waals surface area contributed by atoms with Crippen molar-refractivity contribution < 1.29 is 4.74 Å². The molecular formula is C16H23N3O. The predicted octanol–water partition coefficient (Wildman–Crippen LogP) is 1.87. The maximum atomic E-state index is 9.26. The summed E-state index contributed by atoms with van der Waals surface area (Å²) < 4.78 is 5.33. The molecule has 1 heterocycles. The molecule has 0 spiro atoms. The van der Waals surface area contributed by atoms with Gasteiger partial charge in [0.1, 0.15) is 6.04 Å². The molecule has 0 aromatic heterocycles. The standard InChI is InChI=1S/C16H23N3O/c1-14-3-5-15(6-4-14)16(13-17)18-7-2-8-19-9-11-20-12-10-19/h3-6,16,18H,2,7-12H2,1H3. The molecule has 1 N–H and O–H groups in total. The van der Waals surface area contributed by atoms with Crippen LogP contribution < -0.4 is 5.32 Å². The van der Waals surface area contributed by atoms with Crippen molar-refractivity contribution in [1.29, 1.82) is 5.26 Å². The Morgan fingerprint density at radius 1 is 1.30 bits per heavy atom. The molecule has 2 rings (SSSR count). The first-order valence-corrected chi connectivity index (χ1v) is 7.29. The lowest BCUT2D eigenvalue weighted by Gasteiger charge is -2.26. The number of morpholine rings is 1. The molecule has 1 aromatic carbocycles. The molecule has 0 amide bonds. The molecule has 4 heteroatoms. The highest BCUT2D eigenvalue weighted by atomic mass is 16.5. The van der Waals surface area contributed by atoms with Gasteiger partial charge in [-0.3, -0.25) is 10.2 Å². The number of nitrogens with zero attached hydrogens (tertiary/aromatic N) is 2. The molecular weight excluding hydrogens is 250 g/mol. The summed E-state index contributed by atoms with van der Waals surface area (Å²) in [6.45, 7) is 7.74. The summed E-state index contributed by atoms with van der Waals surface area (Å²) in [4.78, 5) is 2.42. The van der Waals surface area contributed by atoms with Crippen molar-refractivity contribution in [2.24, 2.45) is 0 Å². The van der Waals surface area contributed by atoms with E-state index in [0.29, 0.717) is 0 Å². The molecule has 1 aliphatic rings. The number of nitrogens with one attached hydrogen (secondary N) is 1. The van der Waals surface area contributed by atoms with Gasteiger partial charge in [0.2, 0.25) is 0 Å². The lowest BCUT2D eigenvalue weighted by Crippen LogP contribution is -2.37. The van der Waals surface area contributed by atoms with Crippen LogP contribution in [0.3, 0.4) is 0 Å². The molecule has 0 radical (unpaired) electrons. The SMILES string of the molecule is Cc1ccc(C(C#N)NCCCN2CCOCC2)cc1. The summed E-state index contributed by atoms with van der Waals surface area (Å²) in [5.74, 6) is 0. The molecule has 108 valence electrons. The lowest BCUT2D eigenvalue weighted by molar-refractivity contribution is 0.0374. The number of nitriles is 1. The Hall–Kier alpha value is -1.41. The van der Waals surface area contributed by atoms with Gasteiger partial charge in [0.25, 0.3) is 0 Å². The Bertz CT molecular complexity index is 432. The molecule has 0 saturated carbocycles. The van der Waals surface area contributed by atoms with Crippen molar-refractivity contribution in [1.82, 2.24) is 10.2 Å². The second-order valence-electron chi connectivity index (χ2n) is 5.23. The second kappa shape index (κ2) is 8.01. The second-order valence-corrected chi connectivity index (χ2v) is 5.23. The highest BCUT2D eigenvalue weighted by Crippen LogP contribution is 2.12. The summed E-state index contributed by atoms with van der Waals surface area (Å²) in [5, 5.41) is 12.6. The number of ether oxygens (including phenoxy) is 1. The summed E-state index contributed by atoms with van der Waals surface area (Å²) in [5.41, 5.74) is 2.27. The monoisotopic (exact) mass is 273 g/mol. The highest BCUT2D eigenvalue weighted by Gasteiger charge is 2.11. The Kier molecular flexibility index (Phi) is 6.00. The van der Waals surface area contributed by atoms with Crippen LogP contribution >= 0.6 is 0 Å². The van der Waals surface area contributed by atoms with Gasteiger partial charge in [-0.05, 0) is 32.0 Å². The molecule has 1 fully saturated rings. The summed E-state index contributed by atoms with van der Waals surface area (Å²) in [7, 11) is 0. The number of benzene rings is 1. The topological polar surface area (TPSA) is 48.3 Å². The highest BCUT2D eigenvalue weighted by molar-refractivity contribution is 5.27. The third kappa shape index (κ3) is 4.61. The van der Waals surface area contributed by atoms with E-state index in [0.717, 1.165) is 51.4 Å². The van der Waals surface area contributed by atoms with Crippen LogP contribution in [-0.4, -0.2) is 44.3 Å². The van der Waals surface area contributed by atoms with Crippen LogP contribution in [0.1, 0.15) is 23.6 Å². The van der Waals surface area contributed by atoms with Crippen molar-refractivity contribution >= 4 is 0 Å². The zero-order valence-electron chi connectivity index (χ0n) is 12.1. The zero-order chi connectivity index (χ0) is 14.2. The van der Waals surface area contributed by atoms with E-state index in [1.165, 1.54) is 5.56 Å². The Morgan fingerprint density at radius 3 is 2.65 bits per heavy atom. The first-order chi connectivity index (χ1) is 9.79. The van der Waals surface area contributed by atoms with Crippen LogP contribution in [0.25, 0.3) is 0 Å². The maximum absolute atomic E-state index is 9.26. The third-order valence-electron chi connectivity index (χ3n) is 3.64. The van der Waals surface area contributed by atoms with Crippen molar-refractivity contribution in [3.05, 3.63) is 35.4 Å². The summed E-state index contributed by atoms with van der Waals surface area (Å²) >= 11 is 0. The van der Waals surface area contributed by atoms with Gasteiger partial charge >= 0.3 is 0 Å². The fourth-order valence-electron chi connectivity index (χ4n) is 2.37. The predicted molar refractivity (Wildman–Crippen MR) is 79.4 cm³/mol. The van der Waals surface area contributed by atoms with Gasteiger partial charge in [-0.1, -0.05) is 29.8 Å². The fourth-order valence-corrected chi connectivity index (χ4v) is 2.37. The van der Waals surface area contributed by atoms with Crippen LogP contribution in [0.2, 0.25) is 0 Å². The Labute approximate surface area is 121 Å². The normalized spacial score (nSPS) is 17.6. The van der Waals surface area contributed by atoms with E-state index in [4.69, 9.17) is 4.74 Å². The van der Waals surface area contributed by atoms with Gasteiger partial charge in [-0.25, -0.2) is 0 Å². The molecule has 1 unspecified atom stereocenters. The molecule has 1 aromatic rings. The average molecular weight is 273 g/mol. The fraction of sp³-hybridized carbons (Fsp3) is 0.562. The number of hydrogen-bond acceptors (Lipinski definition) is 4. The number of aryl methyl sites for hydroxylation is 1. The third-order valence-corrected chi connectivity index (χ3v) is 3.64. The van der Waals surface area contributed by atoms with Crippen LogP contribution in [0.4, 0.5) is 0 Å². The van der Waals surface area contributed by atoms with Crippen LogP contribution in [-0.2, 0) is 4.74 Å². The zero-order valence-corrected chi connectivity index (χ0v) is 12.1. The largest absolute Gasteiger partial charge is 0.379 e. The van der Waals surface area contributed by atoms with E-state index in [1.807, 2.05) is 12.1 Å². The van der Waals surface area contributed by atoms with Gasteiger partial charge in [0, 0.05) is 13.1 Å².